The first-order valence-corrected chi connectivity index (χ1v) is 6.36. The number of nitrogens with zero attached hydrogens (tertiary/aromatic N) is 1. The minimum atomic E-state index is -0.125. The Labute approximate surface area is 107 Å². The van der Waals surface area contributed by atoms with Gasteiger partial charge in [-0.05, 0) is 31.2 Å². The molecule has 0 bridgehead atoms. The van der Waals surface area contributed by atoms with Crippen LogP contribution >= 0.6 is 11.3 Å². The van der Waals surface area contributed by atoms with Crippen molar-refractivity contribution in [2.75, 3.05) is 7.11 Å². The summed E-state index contributed by atoms with van der Waals surface area (Å²) >= 11 is 1.59. The van der Waals surface area contributed by atoms with Crippen LogP contribution in [-0.2, 0) is 0 Å². The zero-order valence-corrected chi connectivity index (χ0v) is 10.9. The number of H-pyrrole nitrogens is 1. The summed E-state index contributed by atoms with van der Waals surface area (Å²) in [5.74, 6) is 0.739. The van der Waals surface area contributed by atoms with Crippen LogP contribution in [0.15, 0.2) is 35.1 Å². The second-order valence-corrected chi connectivity index (χ2v) is 5.30. The Morgan fingerprint density at radius 2 is 2.11 bits per heavy atom. The third kappa shape index (κ3) is 1.64. The lowest BCUT2D eigenvalue weighted by atomic mass is 10.3. The minimum absolute atomic E-state index is 0.125. The van der Waals surface area contributed by atoms with Crippen molar-refractivity contribution in [1.29, 1.82) is 0 Å². The van der Waals surface area contributed by atoms with Crippen LogP contribution in [0, 0.1) is 6.92 Å². The van der Waals surface area contributed by atoms with Crippen molar-refractivity contribution < 1.29 is 4.74 Å². The molecule has 4 nitrogen and oxygen atoms in total. The number of ether oxygens (including phenoxy) is 1. The van der Waals surface area contributed by atoms with Crippen molar-refractivity contribution in [2.24, 2.45) is 0 Å². The molecular weight excluding hydrogens is 248 g/mol. The summed E-state index contributed by atoms with van der Waals surface area (Å²) < 4.78 is 6.88. The molecule has 0 saturated heterocycles. The summed E-state index contributed by atoms with van der Waals surface area (Å²) in [5.41, 5.74) is 1.52. The number of imidazole rings is 1. The Hall–Kier alpha value is -2.01. The average molecular weight is 260 g/mol. The van der Waals surface area contributed by atoms with Crippen LogP contribution < -0.4 is 10.4 Å². The van der Waals surface area contributed by atoms with E-state index in [1.54, 1.807) is 23.0 Å². The van der Waals surface area contributed by atoms with Gasteiger partial charge in [-0.1, -0.05) is 0 Å². The highest BCUT2D eigenvalue weighted by atomic mass is 32.1. The van der Waals surface area contributed by atoms with E-state index >= 15 is 0 Å². The zero-order valence-electron chi connectivity index (χ0n) is 10.1. The predicted molar refractivity (Wildman–Crippen MR) is 73.1 cm³/mol. The molecule has 5 heteroatoms. The van der Waals surface area contributed by atoms with Gasteiger partial charge in [0, 0.05) is 10.9 Å². The van der Waals surface area contributed by atoms with Crippen LogP contribution in [0.5, 0.6) is 5.75 Å². The van der Waals surface area contributed by atoms with Gasteiger partial charge in [0.15, 0.2) is 0 Å². The summed E-state index contributed by atoms with van der Waals surface area (Å²) in [5, 5.41) is 0.914. The lowest BCUT2D eigenvalue weighted by Gasteiger charge is -2.02. The quantitative estimate of drug-likeness (QED) is 0.770. The maximum atomic E-state index is 12.0. The summed E-state index contributed by atoms with van der Waals surface area (Å²) in [6, 6.07) is 9.51. The molecule has 0 atom stereocenters. The monoisotopic (exact) mass is 260 g/mol. The number of methoxy groups -OCH3 is 1. The molecule has 0 spiro atoms. The zero-order chi connectivity index (χ0) is 12.7. The van der Waals surface area contributed by atoms with Crippen molar-refractivity contribution in [3.63, 3.8) is 0 Å². The van der Waals surface area contributed by atoms with E-state index in [-0.39, 0.29) is 5.69 Å². The first-order chi connectivity index (χ1) is 8.69. The van der Waals surface area contributed by atoms with Crippen molar-refractivity contribution in [1.82, 2.24) is 9.55 Å². The largest absolute Gasteiger partial charge is 0.497 e. The number of aromatic nitrogens is 2. The molecule has 0 fully saturated rings. The van der Waals surface area contributed by atoms with Crippen LogP contribution in [0.1, 0.15) is 4.88 Å². The summed E-state index contributed by atoms with van der Waals surface area (Å²) in [6.07, 6.45) is 0. The van der Waals surface area contributed by atoms with Gasteiger partial charge in [0.25, 0.3) is 0 Å². The fourth-order valence-corrected chi connectivity index (χ4v) is 2.84. The van der Waals surface area contributed by atoms with Gasteiger partial charge in [-0.15, -0.1) is 11.3 Å². The molecule has 3 rings (SSSR count). The molecule has 3 aromatic rings. The lowest BCUT2D eigenvalue weighted by Crippen LogP contribution is -2.13. The van der Waals surface area contributed by atoms with Crippen molar-refractivity contribution >= 4 is 22.4 Å². The number of fused-ring (bicyclic) bond motifs is 1. The molecule has 1 N–H and O–H groups in total. The van der Waals surface area contributed by atoms with Crippen molar-refractivity contribution in [2.45, 2.75) is 6.92 Å². The number of rotatable bonds is 2. The van der Waals surface area contributed by atoms with E-state index in [1.807, 2.05) is 37.3 Å². The van der Waals surface area contributed by atoms with E-state index in [4.69, 9.17) is 4.74 Å². The first kappa shape index (κ1) is 11.1. The molecule has 0 amide bonds. The van der Waals surface area contributed by atoms with Gasteiger partial charge in [0.05, 0.1) is 18.1 Å². The molecule has 0 aliphatic heterocycles. The summed E-state index contributed by atoms with van der Waals surface area (Å²) in [4.78, 5) is 16.0. The fourth-order valence-electron chi connectivity index (χ4n) is 1.97. The Bertz CT molecular complexity index is 767. The van der Waals surface area contributed by atoms with Crippen LogP contribution in [0.2, 0.25) is 0 Å². The van der Waals surface area contributed by atoms with Gasteiger partial charge in [0.1, 0.15) is 10.8 Å². The molecule has 1 aromatic carbocycles. The Morgan fingerprint density at radius 1 is 1.28 bits per heavy atom. The SMILES string of the molecule is COc1ccc2[nH]c(=O)n(-c3ccc(C)s3)c2c1. The van der Waals surface area contributed by atoms with Crippen LogP contribution in [0.3, 0.4) is 0 Å². The maximum Gasteiger partial charge on any atom is 0.331 e. The van der Waals surface area contributed by atoms with Gasteiger partial charge >= 0.3 is 5.69 Å². The third-order valence-electron chi connectivity index (χ3n) is 2.84. The highest BCUT2D eigenvalue weighted by Gasteiger charge is 2.10. The fraction of sp³-hybridized carbons (Fsp3) is 0.154. The molecule has 92 valence electrons. The molecule has 0 aliphatic rings. The number of hydrogen-bond donors (Lipinski definition) is 1. The van der Waals surface area contributed by atoms with Crippen LogP contribution in [-0.4, -0.2) is 16.7 Å². The first-order valence-electron chi connectivity index (χ1n) is 5.54. The number of thiophene rings is 1. The number of aromatic amines is 1. The molecule has 18 heavy (non-hydrogen) atoms. The van der Waals surface area contributed by atoms with Gasteiger partial charge in [-0.25, -0.2) is 4.79 Å². The smallest absolute Gasteiger partial charge is 0.331 e. The van der Waals surface area contributed by atoms with Gasteiger partial charge in [0.2, 0.25) is 0 Å². The van der Waals surface area contributed by atoms with Gasteiger partial charge < -0.3 is 9.72 Å². The topological polar surface area (TPSA) is 47.0 Å². The summed E-state index contributed by atoms with van der Waals surface area (Å²) in [7, 11) is 1.62. The summed E-state index contributed by atoms with van der Waals surface area (Å²) in [6.45, 7) is 2.02. The highest BCUT2D eigenvalue weighted by Crippen LogP contribution is 2.24. The van der Waals surface area contributed by atoms with E-state index in [0.717, 1.165) is 21.8 Å². The lowest BCUT2D eigenvalue weighted by molar-refractivity contribution is 0.415. The van der Waals surface area contributed by atoms with Crippen LogP contribution in [0.4, 0.5) is 0 Å². The van der Waals surface area contributed by atoms with Gasteiger partial charge in [-0.3, -0.25) is 4.57 Å². The van der Waals surface area contributed by atoms with Crippen molar-refractivity contribution in [3.05, 3.63) is 45.7 Å². The molecule has 0 aliphatic carbocycles. The molecule has 0 saturated carbocycles. The Morgan fingerprint density at radius 3 is 2.78 bits per heavy atom. The standard InChI is InChI=1S/C13H12N2O2S/c1-8-3-6-12(18-8)15-11-7-9(17-2)4-5-10(11)14-13(15)16/h3-7H,1-2H3,(H,14,16). The van der Waals surface area contributed by atoms with E-state index < -0.39 is 0 Å². The maximum absolute atomic E-state index is 12.0. The Balaban J connectivity index is 2.33. The molecule has 0 radical (unpaired) electrons. The highest BCUT2D eigenvalue weighted by molar-refractivity contribution is 7.14. The van der Waals surface area contributed by atoms with E-state index in [2.05, 4.69) is 4.98 Å². The number of aryl methyl sites for hydroxylation is 1. The number of hydrogen-bond acceptors (Lipinski definition) is 3. The second kappa shape index (κ2) is 4.03. The number of nitrogens with one attached hydrogen (secondary N) is 1. The average Bonchev–Trinajstić information content (AvgIpc) is 2.90. The predicted octanol–water partition coefficient (Wildman–Crippen LogP) is 2.70. The molecule has 0 unspecified atom stereocenters. The second-order valence-electron chi connectivity index (χ2n) is 4.03. The minimum Gasteiger partial charge on any atom is -0.497 e. The van der Waals surface area contributed by atoms with E-state index in [9.17, 15) is 4.79 Å². The van der Waals surface area contributed by atoms with Crippen molar-refractivity contribution in [3.8, 4) is 10.8 Å². The van der Waals surface area contributed by atoms with Gasteiger partial charge in [-0.2, -0.15) is 0 Å². The third-order valence-corrected chi connectivity index (χ3v) is 3.82. The van der Waals surface area contributed by atoms with E-state index in [0.29, 0.717) is 0 Å². The molecular formula is C13H12N2O2S. The molecule has 2 heterocycles. The molecule has 2 aromatic heterocycles. The normalized spacial score (nSPS) is 11.0. The van der Waals surface area contributed by atoms with E-state index in [1.165, 1.54) is 4.88 Å². The Kier molecular flexibility index (Phi) is 2.48. The van der Waals surface area contributed by atoms with Crippen LogP contribution in [0.25, 0.3) is 16.0 Å². The number of benzene rings is 1.